The molecule has 2 unspecified atom stereocenters. The molecule has 0 aliphatic carbocycles. The van der Waals surface area contributed by atoms with Crippen molar-refractivity contribution in [3.8, 4) is 0 Å². The van der Waals surface area contributed by atoms with Gasteiger partial charge in [-0.05, 0) is 24.0 Å². The molecule has 1 fully saturated rings. The first kappa shape index (κ1) is 18.7. The molecule has 1 aliphatic heterocycles. The number of benzene rings is 1. The first-order valence-electron chi connectivity index (χ1n) is 7.94. The molecule has 1 saturated heterocycles. The molecule has 1 aliphatic rings. The predicted octanol–water partition coefficient (Wildman–Crippen LogP) is 2.86. The van der Waals surface area contributed by atoms with Crippen LogP contribution in [-0.2, 0) is 22.7 Å². The third-order valence-electron chi connectivity index (χ3n) is 4.16. The van der Waals surface area contributed by atoms with Gasteiger partial charge in [0.1, 0.15) is 6.04 Å². The Morgan fingerprint density at radius 1 is 1.33 bits per heavy atom. The molecule has 1 aromatic carbocycles. The summed E-state index contributed by atoms with van der Waals surface area (Å²) in [5.41, 5.74) is 1.73. The molecule has 24 heavy (non-hydrogen) atoms. The van der Waals surface area contributed by atoms with Crippen LogP contribution in [0.2, 0.25) is 0 Å². The highest BCUT2D eigenvalue weighted by Gasteiger charge is 2.46. The van der Waals surface area contributed by atoms with Crippen molar-refractivity contribution in [3.63, 3.8) is 0 Å². The highest BCUT2D eigenvalue weighted by Crippen LogP contribution is 2.33. The summed E-state index contributed by atoms with van der Waals surface area (Å²) < 4.78 is 45.1. The summed E-state index contributed by atoms with van der Waals surface area (Å²) in [6.07, 6.45) is -3.94. The molecule has 134 valence electrons. The van der Waals surface area contributed by atoms with Crippen LogP contribution in [0.5, 0.6) is 0 Å². The average Bonchev–Trinajstić information content (AvgIpc) is 2.46. The van der Waals surface area contributed by atoms with E-state index in [1.807, 2.05) is 24.3 Å². The van der Waals surface area contributed by atoms with E-state index in [0.29, 0.717) is 13.0 Å². The number of nitrogens with zero attached hydrogens (tertiary/aromatic N) is 1. The van der Waals surface area contributed by atoms with Crippen LogP contribution in [0, 0.1) is 0 Å². The lowest BCUT2D eigenvalue weighted by molar-refractivity contribution is -0.194. The largest absolute Gasteiger partial charge is 0.404 e. The maximum atomic E-state index is 13.3. The second kappa shape index (κ2) is 7.98. The molecule has 0 aromatic heterocycles. The van der Waals surface area contributed by atoms with Gasteiger partial charge in [-0.2, -0.15) is 13.2 Å². The van der Waals surface area contributed by atoms with E-state index in [4.69, 9.17) is 4.74 Å². The van der Waals surface area contributed by atoms with Crippen LogP contribution in [0.25, 0.3) is 0 Å². The van der Waals surface area contributed by atoms with Gasteiger partial charge < -0.3 is 10.1 Å². The molecule has 7 heteroatoms. The monoisotopic (exact) mass is 344 g/mol. The molecular formula is C17H23F3N2O2. The van der Waals surface area contributed by atoms with Gasteiger partial charge in [0.05, 0.1) is 6.61 Å². The van der Waals surface area contributed by atoms with E-state index in [1.54, 1.807) is 7.11 Å². The first-order chi connectivity index (χ1) is 11.3. The second-order valence-electron chi connectivity index (χ2n) is 6.21. The lowest BCUT2D eigenvalue weighted by Gasteiger charge is -2.40. The van der Waals surface area contributed by atoms with Crippen molar-refractivity contribution >= 4 is 5.91 Å². The number of methoxy groups -OCH3 is 1. The molecular weight excluding hydrogens is 321 g/mol. The highest BCUT2D eigenvalue weighted by atomic mass is 19.4. The summed E-state index contributed by atoms with van der Waals surface area (Å²) in [5, 5.41) is 2.73. The lowest BCUT2D eigenvalue weighted by Crippen LogP contribution is -2.55. The quantitative estimate of drug-likeness (QED) is 0.893. The minimum Gasteiger partial charge on any atom is -0.380 e. The number of rotatable bonds is 5. The van der Waals surface area contributed by atoms with E-state index < -0.39 is 12.2 Å². The molecule has 1 amide bonds. The molecule has 0 spiro atoms. The van der Waals surface area contributed by atoms with Gasteiger partial charge in [0.15, 0.2) is 0 Å². The fourth-order valence-electron chi connectivity index (χ4n) is 3.21. The van der Waals surface area contributed by atoms with Gasteiger partial charge in [-0.3, -0.25) is 9.69 Å². The molecule has 2 atom stereocenters. The van der Waals surface area contributed by atoms with E-state index >= 15 is 0 Å². The van der Waals surface area contributed by atoms with Crippen molar-refractivity contribution in [1.82, 2.24) is 10.2 Å². The number of amides is 1. The Morgan fingerprint density at radius 3 is 2.67 bits per heavy atom. The third kappa shape index (κ3) is 5.21. The summed E-state index contributed by atoms with van der Waals surface area (Å²) in [6.45, 7) is 2.19. The summed E-state index contributed by atoms with van der Waals surface area (Å²) in [6, 6.07) is 5.65. The van der Waals surface area contributed by atoms with Crippen molar-refractivity contribution in [2.24, 2.45) is 0 Å². The van der Waals surface area contributed by atoms with Gasteiger partial charge in [0, 0.05) is 33.2 Å². The first-order valence-corrected chi connectivity index (χ1v) is 7.94. The van der Waals surface area contributed by atoms with E-state index in [9.17, 15) is 18.0 Å². The zero-order valence-corrected chi connectivity index (χ0v) is 13.9. The lowest BCUT2D eigenvalue weighted by atomic mass is 9.96. The van der Waals surface area contributed by atoms with Crippen LogP contribution in [0.4, 0.5) is 13.2 Å². The summed E-state index contributed by atoms with van der Waals surface area (Å²) in [4.78, 5) is 12.6. The minimum atomic E-state index is -4.27. The van der Waals surface area contributed by atoms with Crippen LogP contribution in [0.3, 0.4) is 0 Å². The van der Waals surface area contributed by atoms with Crippen molar-refractivity contribution in [3.05, 3.63) is 35.4 Å². The van der Waals surface area contributed by atoms with Gasteiger partial charge >= 0.3 is 6.18 Å². The summed E-state index contributed by atoms with van der Waals surface area (Å²) in [5.74, 6) is -0.215. The van der Waals surface area contributed by atoms with E-state index in [2.05, 4.69) is 5.32 Å². The van der Waals surface area contributed by atoms with Gasteiger partial charge in [0.25, 0.3) is 0 Å². The summed E-state index contributed by atoms with van der Waals surface area (Å²) >= 11 is 0. The number of carbonyl (C=O) groups excluding carboxylic acids is 1. The average molecular weight is 344 g/mol. The van der Waals surface area contributed by atoms with Crippen LogP contribution >= 0.6 is 0 Å². The molecule has 0 bridgehead atoms. The second-order valence-corrected chi connectivity index (χ2v) is 6.21. The normalized spacial score (nSPS) is 22.4. The summed E-state index contributed by atoms with van der Waals surface area (Å²) in [7, 11) is 1.58. The number of hydrogen-bond donors (Lipinski definition) is 1. The van der Waals surface area contributed by atoms with Crippen LogP contribution < -0.4 is 5.32 Å². The van der Waals surface area contributed by atoms with Gasteiger partial charge in [0.2, 0.25) is 5.91 Å². The molecule has 2 rings (SSSR count). The van der Waals surface area contributed by atoms with Gasteiger partial charge in [-0.1, -0.05) is 24.3 Å². The highest BCUT2D eigenvalue weighted by molar-refractivity contribution is 5.73. The maximum Gasteiger partial charge on any atom is 0.404 e. The number of nitrogens with one attached hydrogen (secondary N) is 1. The topological polar surface area (TPSA) is 41.6 Å². The maximum absolute atomic E-state index is 13.3. The van der Waals surface area contributed by atoms with E-state index in [1.165, 1.54) is 11.8 Å². The standard InChI is InChI=1S/C17H23F3N2O2/c1-12(23)21-15-6-7-16(17(18,19)20)22(10-15)9-13-4-3-5-14(8-13)11-24-2/h3-5,8,15-16H,6-7,9-11H2,1-2H3,(H,21,23). The molecule has 4 nitrogen and oxygen atoms in total. The number of ether oxygens (including phenoxy) is 1. The van der Waals surface area contributed by atoms with Crippen molar-refractivity contribution < 1.29 is 22.7 Å². The molecule has 0 saturated carbocycles. The Balaban J connectivity index is 2.14. The van der Waals surface area contributed by atoms with Crippen molar-refractivity contribution in [2.45, 2.75) is 51.2 Å². The van der Waals surface area contributed by atoms with Gasteiger partial charge in [-0.15, -0.1) is 0 Å². The molecule has 1 heterocycles. The zero-order valence-electron chi connectivity index (χ0n) is 13.9. The number of alkyl halides is 3. The van der Waals surface area contributed by atoms with Crippen LogP contribution in [0.1, 0.15) is 30.9 Å². The smallest absolute Gasteiger partial charge is 0.380 e. The van der Waals surface area contributed by atoms with Crippen LogP contribution in [-0.4, -0.2) is 42.7 Å². The number of carbonyl (C=O) groups is 1. The molecule has 1 aromatic rings. The minimum absolute atomic E-state index is 0.00773. The Hall–Kier alpha value is -1.60. The Labute approximate surface area is 140 Å². The number of hydrogen-bond acceptors (Lipinski definition) is 3. The van der Waals surface area contributed by atoms with E-state index in [-0.39, 0.29) is 31.5 Å². The molecule has 0 radical (unpaired) electrons. The van der Waals surface area contributed by atoms with Gasteiger partial charge in [-0.25, -0.2) is 0 Å². The number of likely N-dealkylation sites (tertiary alicyclic amines) is 1. The zero-order chi connectivity index (χ0) is 17.7. The fourth-order valence-corrected chi connectivity index (χ4v) is 3.21. The fraction of sp³-hybridized carbons (Fsp3) is 0.588. The van der Waals surface area contributed by atoms with Crippen LogP contribution in [0.15, 0.2) is 24.3 Å². The van der Waals surface area contributed by atoms with E-state index in [0.717, 1.165) is 11.1 Å². The van der Waals surface area contributed by atoms with Crippen molar-refractivity contribution in [1.29, 1.82) is 0 Å². The Morgan fingerprint density at radius 2 is 2.04 bits per heavy atom. The van der Waals surface area contributed by atoms with Crippen molar-refractivity contribution in [2.75, 3.05) is 13.7 Å². The predicted molar refractivity (Wildman–Crippen MR) is 84.2 cm³/mol. The number of halogens is 3. The third-order valence-corrected chi connectivity index (χ3v) is 4.16. The Bertz CT molecular complexity index is 563. The Kier molecular flexibility index (Phi) is 6.23. The number of piperidine rings is 1. The SMILES string of the molecule is COCc1cccc(CN2CC(NC(C)=O)CCC2C(F)(F)F)c1. The molecule has 1 N–H and O–H groups in total.